The Hall–Kier alpha value is -2.75. The van der Waals surface area contributed by atoms with E-state index in [0.29, 0.717) is 32.3 Å². The summed E-state index contributed by atoms with van der Waals surface area (Å²) in [5, 5.41) is 7.09. The van der Waals surface area contributed by atoms with E-state index in [0.717, 1.165) is 17.9 Å². The van der Waals surface area contributed by atoms with Crippen molar-refractivity contribution in [2.45, 2.75) is 39.7 Å². The highest BCUT2D eigenvalue weighted by molar-refractivity contribution is 5.68. The molecule has 0 saturated carbocycles. The molecular formula is C18H29N7O3. The quantitative estimate of drug-likeness (QED) is 0.848. The zero-order valence-corrected chi connectivity index (χ0v) is 17.2. The van der Waals surface area contributed by atoms with Gasteiger partial charge in [-0.05, 0) is 20.8 Å². The maximum absolute atomic E-state index is 11.5. The molecule has 0 aliphatic carbocycles. The standard InChI is InChI=1S/C9H12N6.C9H17NO3/c1-3-8-10-6-11-9(14-8)13-7-4-12-15(2)5-7;1-9(2,3)13-8(11)10-4-6-12-7-5-10/h4-6H,3H2,1-2H3,(H,10,11,13,14);4-7H2,1-3H3. The van der Waals surface area contributed by atoms with Gasteiger partial charge in [0.2, 0.25) is 5.95 Å². The van der Waals surface area contributed by atoms with Crippen LogP contribution in [-0.4, -0.2) is 67.6 Å². The highest BCUT2D eigenvalue weighted by atomic mass is 16.6. The summed E-state index contributed by atoms with van der Waals surface area (Å²) in [6.45, 7) is 10.1. The first-order chi connectivity index (χ1) is 13.3. The van der Waals surface area contributed by atoms with Gasteiger partial charge in [0, 0.05) is 32.8 Å². The lowest BCUT2D eigenvalue weighted by atomic mass is 10.2. The van der Waals surface area contributed by atoms with Crippen molar-refractivity contribution in [2.24, 2.45) is 7.05 Å². The minimum absolute atomic E-state index is 0.240. The smallest absolute Gasteiger partial charge is 0.410 e. The van der Waals surface area contributed by atoms with Crippen molar-refractivity contribution in [3.8, 4) is 0 Å². The van der Waals surface area contributed by atoms with Crippen LogP contribution >= 0.6 is 0 Å². The number of nitrogens with one attached hydrogen (secondary N) is 1. The summed E-state index contributed by atoms with van der Waals surface area (Å²) in [6, 6.07) is 0. The number of rotatable bonds is 3. The largest absolute Gasteiger partial charge is 0.444 e. The molecule has 0 aromatic carbocycles. The first-order valence-corrected chi connectivity index (χ1v) is 9.26. The van der Waals surface area contributed by atoms with Gasteiger partial charge in [0.05, 0.1) is 25.1 Å². The Balaban J connectivity index is 0.000000203. The van der Waals surface area contributed by atoms with Crippen molar-refractivity contribution >= 4 is 17.7 Å². The van der Waals surface area contributed by atoms with E-state index < -0.39 is 5.60 Å². The van der Waals surface area contributed by atoms with E-state index in [1.54, 1.807) is 15.8 Å². The summed E-state index contributed by atoms with van der Waals surface area (Å²) >= 11 is 0. The molecule has 10 nitrogen and oxygen atoms in total. The average Bonchev–Trinajstić information content (AvgIpc) is 3.06. The van der Waals surface area contributed by atoms with Gasteiger partial charge in [0.15, 0.2) is 0 Å². The molecule has 0 atom stereocenters. The van der Waals surface area contributed by atoms with Gasteiger partial charge in [-0.25, -0.2) is 14.8 Å². The van der Waals surface area contributed by atoms with Crippen molar-refractivity contribution in [1.29, 1.82) is 0 Å². The topological polar surface area (TPSA) is 107 Å². The van der Waals surface area contributed by atoms with Crippen molar-refractivity contribution in [1.82, 2.24) is 29.6 Å². The van der Waals surface area contributed by atoms with Crippen molar-refractivity contribution in [3.63, 3.8) is 0 Å². The van der Waals surface area contributed by atoms with Gasteiger partial charge in [-0.1, -0.05) is 6.92 Å². The Bertz CT molecular complexity index is 752. The monoisotopic (exact) mass is 391 g/mol. The summed E-state index contributed by atoms with van der Waals surface area (Å²) in [4.78, 5) is 25.4. The van der Waals surface area contributed by atoms with E-state index in [4.69, 9.17) is 9.47 Å². The normalized spacial score (nSPS) is 14.1. The summed E-state index contributed by atoms with van der Waals surface area (Å²) in [5.41, 5.74) is 0.459. The second kappa shape index (κ2) is 9.98. The number of hydrogen-bond donors (Lipinski definition) is 1. The highest BCUT2D eigenvalue weighted by Gasteiger charge is 2.23. The van der Waals surface area contributed by atoms with Crippen LogP contribution in [-0.2, 0) is 22.9 Å². The third kappa shape index (κ3) is 7.47. The van der Waals surface area contributed by atoms with Crippen LogP contribution in [0.5, 0.6) is 0 Å². The van der Waals surface area contributed by atoms with E-state index in [2.05, 4.69) is 25.4 Å². The molecule has 28 heavy (non-hydrogen) atoms. The van der Waals surface area contributed by atoms with E-state index >= 15 is 0 Å². The number of aryl methyl sites for hydroxylation is 2. The van der Waals surface area contributed by atoms with Crippen molar-refractivity contribution < 1.29 is 14.3 Å². The molecule has 0 spiro atoms. The van der Waals surface area contributed by atoms with Gasteiger partial charge >= 0.3 is 6.09 Å². The Morgan fingerprint density at radius 3 is 2.57 bits per heavy atom. The van der Waals surface area contributed by atoms with Gasteiger partial charge in [-0.3, -0.25) is 4.68 Å². The molecular weight excluding hydrogens is 362 g/mol. The Morgan fingerprint density at radius 2 is 2.00 bits per heavy atom. The van der Waals surface area contributed by atoms with E-state index in [9.17, 15) is 4.79 Å². The Morgan fingerprint density at radius 1 is 1.29 bits per heavy atom. The van der Waals surface area contributed by atoms with Gasteiger partial charge in [0.1, 0.15) is 17.8 Å². The molecule has 1 aliphatic heterocycles. The number of amides is 1. The first-order valence-electron chi connectivity index (χ1n) is 9.26. The SMILES string of the molecule is CC(C)(C)OC(=O)N1CCOCC1.CCc1ncnc(Nc2cnn(C)c2)n1. The van der Waals surface area contributed by atoms with Crippen LogP contribution in [0.2, 0.25) is 0 Å². The van der Waals surface area contributed by atoms with Crippen LogP contribution in [0, 0.1) is 0 Å². The van der Waals surface area contributed by atoms with E-state index in [-0.39, 0.29) is 6.09 Å². The van der Waals surface area contributed by atoms with Crippen LogP contribution in [0.15, 0.2) is 18.7 Å². The number of carbonyl (C=O) groups excluding carboxylic acids is 1. The maximum atomic E-state index is 11.5. The van der Waals surface area contributed by atoms with Crippen LogP contribution in [0.3, 0.4) is 0 Å². The fraction of sp³-hybridized carbons (Fsp3) is 0.611. The molecule has 1 saturated heterocycles. The van der Waals surface area contributed by atoms with Crippen molar-refractivity contribution in [3.05, 3.63) is 24.5 Å². The number of nitrogens with zero attached hydrogens (tertiary/aromatic N) is 6. The van der Waals surface area contributed by atoms with Crippen LogP contribution in [0.1, 0.15) is 33.5 Å². The molecule has 2 aromatic heterocycles. The third-order valence-corrected chi connectivity index (χ3v) is 3.56. The maximum Gasteiger partial charge on any atom is 0.410 e. The molecule has 1 amide bonds. The third-order valence-electron chi connectivity index (χ3n) is 3.56. The van der Waals surface area contributed by atoms with Crippen LogP contribution < -0.4 is 5.32 Å². The summed E-state index contributed by atoms with van der Waals surface area (Å²) in [7, 11) is 1.86. The van der Waals surface area contributed by atoms with E-state index in [1.807, 2.05) is 40.9 Å². The second-order valence-electron chi connectivity index (χ2n) is 7.19. The molecule has 1 aliphatic rings. The highest BCUT2D eigenvalue weighted by Crippen LogP contribution is 2.11. The molecule has 2 aromatic rings. The van der Waals surface area contributed by atoms with Gasteiger partial charge in [-0.15, -0.1) is 0 Å². The first kappa shape index (κ1) is 21.5. The number of morpholine rings is 1. The predicted octanol–water partition coefficient (Wildman–Crippen LogP) is 2.16. The number of aromatic nitrogens is 5. The predicted molar refractivity (Wildman–Crippen MR) is 104 cm³/mol. The zero-order chi connectivity index (χ0) is 20.6. The van der Waals surface area contributed by atoms with Crippen LogP contribution in [0.4, 0.5) is 16.4 Å². The molecule has 3 rings (SSSR count). The molecule has 0 bridgehead atoms. The van der Waals surface area contributed by atoms with Gasteiger partial charge in [-0.2, -0.15) is 10.1 Å². The number of carbonyl (C=O) groups is 1. The minimum Gasteiger partial charge on any atom is -0.444 e. The summed E-state index contributed by atoms with van der Waals surface area (Å²) < 4.78 is 12.1. The number of anilines is 2. The fourth-order valence-electron chi connectivity index (χ4n) is 2.25. The Kier molecular flexibility index (Phi) is 7.68. The lowest BCUT2D eigenvalue weighted by molar-refractivity contribution is -0.00677. The molecule has 1 fully saturated rings. The zero-order valence-electron chi connectivity index (χ0n) is 17.2. The van der Waals surface area contributed by atoms with Gasteiger partial charge < -0.3 is 19.7 Å². The Labute approximate surface area is 165 Å². The van der Waals surface area contributed by atoms with Gasteiger partial charge in [0.25, 0.3) is 0 Å². The summed E-state index contributed by atoms with van der Waals surface area (Å²) in [6.07, 6.45) is 5.63. The second-order valence-corrected chi connectivity index (χ2v) is 7.19. The lowest BCUT2D eigenvalue weighted by Crippen LogP contribution is -2.43. The summed E-state index contributed by atoms with van der Waals surface area (Å²) in [5.74, 6) is 1.33. The molecule has 0 radical (unpaired) electrons. The average molecular weight is 391 g/mol. The molecule has 3 heterocycles. The molecule has 0 unspecified atom stereocenters. The molecule has 1 N–H and O–H groups in total. The minimum atomic E-state index is -0.407. The molecule has 10 heteroatoms. The molecule has 154 valence electrons. The number of hydrogen-bond acceptors (Lipinski definition) is 8. The lowest BCUT2D eigenvalue weighted by Gasteiger charge is -2.29. The fourth-order valence-corrected chi connectivity index (χ4v) is 2.25. The number of ether oxygens (including phenoxy) is 2. The van der Waals surface area contributed by atoms with Crippen molar-refractivity contribution in [2.75, 3.05) is 31.6 Å². The van der Waals surface area contributed by atoms with Crippen LogP contribution in [0.25, 0.3) is 0 Å². The van der Waals surface area contributed by atoms with E-state index in [1.165, 1.54) is 6.33 Å².